The van der Waals surface area contributed by atoms with Crippen molar-refractivity contribution in [3.63, 3.8) is 0 Å². The van der Waals surface area contributed by atoms with Gasteiger partial charge in [-0.2, -0.15) is 4.31 Å². The van der Waals surface area contributed by atoms with Crippen molar-refractivity contribution in [2.24, 2.45) is 0 Å². The standard InChI is InChI=1S/C15H23N3O4S/c1-11-9-17(10-12(2)22-11)15(19)14-7-13(8-16-14)23(20,21)18-5-3-4-6-18/h7-8,11-12,16H,3-6,9-10H2,1-2H3/t11-,12+. The molecular formula is C15H23N3O4S. The average molecular weight is 341 g/mol. The maximum atomic E-state index is 12.6. The molecule has 1 amide bonds. The van der Waals surface area contributed by atoms with Crippen molar-refractivity contribution in [2.75, 3.05) is 26.2 Å². The van der Waals surface area contributed by atoms with Crippen molar-refractivity contribution >= 4 is 15.9 Å². The van der Waals surface area contributed by atoms with Crippen molar-refractivity contribution in [3.8, 4) is 0 Å². The Balaban J connectivity index is 1.77. The van der Waals surface area contributed by atoms with Gasteiger partial charge in [0, 0.05) is 32.4 Å². The highest BCUT2D eigenvalue weighted by Gasteiger charge is 2.31. The summed E-state index contributed by atoms with van der Waals surface area (Å²) < 4.78 is 32.1. The van der Waals surface area contributed by atoms with Crippen molar-refractivity contribution in [3.05, 3.63) is 18.0 Å². The second-order valence-corrected chi connectivity index (χ2v) is 8.27. The highest BCUT2D eigenvalue weighted by molar-refractivity contribution is 7.89. The van der Waals surface area contributed by atoms with Crippen LogP contribution in [-0.4, -0.2) is 66.9 Å². The van der Waals surface area contributed by atoms with Crippen LogP contribution in [0.4, 0.5) is 0 Å². The maximum absolute atomic E-state index is 12.6. The van der Waals surface area contributed by atoms with Crippen LogP contribution in [0.3, 0.4) is 0 Å². The minimum atomic E-state index is -3.50. The lowest BCUT2D eigenvalue weighted by molar-refractivity contribution is -0.0587. The van der Waals surface area contributed by atoms with E-state index < -0.39 is 10.0 Å². The third-order valence-corrected chi connectivity index (χ3v) is 6.17. The Kier molecular flexibility index (Phi) is 4.48. The van der Waals surface area contributed by atoms with Crippen molar-refractivity contribution in [1.29, 1.82) is 0 Å². The van der Waals surface area contributed by atoms with Crippen LogP contribution in [0.2, 0.25) is 0 Å². The van der Waals surface area contributed by atoms with Crippen LogP contribution < -0.4 is 0 Å². The molecule has 3 heterocycles. The smallest absolute Gasteiger partial charge is 0.270 e. The molecule has 2 saturated heterocycles. The molecule has 8 heteroatoms. The van der Waals surface area contributed by atoms with E-state index in [1.165, 1.54) is 16.6 Å². The predicted molar refractivity (Wildman–Crippen MR) is 84.7 cm³/mol. The Morgan fingerprint density at radius 2 is 1.83 bits per heavy atom. The normalized spacial score (nSPS) is 26.6. The summed E-state index contributed by atoms with van der Waals surface area (Å²) in [4.78, 5) is 17.3. The molecule has 1 aromatic rings. The SMILES string of the molecule is C[C@@H]1CN(C(=O)c2cc(S(=O)(=O)N3CCCC3)c[nH]2)C[C@H](C)O1. The topological polar surface area (TPSA) is 82.7 Å². The summed E-state index contributed by atoms with van der Waals surface area (Å²) in [5, 5.41) is 0. The van der Waals surface area contributed by atoms with Crippen molar-refractivity contribution in [1.82, 2.24) is 14.2 Å². The van der Waals surface area contributed by atoms with E-state index >= 15 is 0 Å². The summed E-state index contributed by atoms with van der Waals surface area (Å²) in [5.41, 5.74) is 0.309. The molecular weight excluding hydrogens is 318 g/mol. The third-order valence-electron chi connectivity index (χ3n) is 4.30. The van der Waals surface area contributed by atoms with Crippen LogP contribution in [0.15, 0.2) is 17.2 Å². The van der Waals surface area contributed by atoms with Crippen LogP contribution in [0.1, 0.15) is 37.2 Å². The predicted octanol–water partition coefficient (Wildman–Crippen LogP) is 1.05. The third kappa shape index (κ3) is 3.29. The van der Waals surface area contributed by atoms with Gasteiger partial charge < -0.3 is 14.6 Å². The molecule has 0 unspecified atom stereocenters. The number of hydrogen-bond acceptors (Lipinski definition) is 4. The molecule has 0 radical (unpaired) electrons. The zero-order chi connectivity index (χ0) is 16.6. The lowest BCUT2D eigenvalue weighted by Crippen LogP contribution is -2.48. The number of rotatable bonds is 3. The fraction of sp³-hybridized carbons (Fsp3) is 0.667. The molecule has 7 nitrogen and oxygen atoms in total. The van der Waals surface area contributed by atoms with E-state index in [9.17, 15) is 13.2 Å². The Labute approximate surface area is 136 Å². The monoisotopic (exact) mass is 341 g/mol. The average Bonchev–Trinajstić information content (AvgIpc) is 3.17. The van der Waals surface area contributed by atoms with Gasteiger partial charge in [0.15, 0.2) is 0 Å². The summed E-state index contributed by atoms with van der Waals surface area (Å²) in [7, 11) is -3.50. The first kappa shape index (κ1) is 16.5. The number of H-pyrrole nitrogens is 1. The molecule has 0 saturated carbocycles. The minimum absolute atomic E-state index is 0.0227. The van der Waals surface area contributed by atoms with Crippen LogP contribution in [0.25, 0.3) is 0 Å². The fourth-order valence-electron chi connectivity index (χ4n) is 3.24. The molecule has 0 spiro atoms. The minimum Gasteiger partial charge on any atom is -0.372 e. The number of aromatic nitrogens is 1. The number of carbonyl (C=O) groups is 1. The molecule has 2 atom stereocenters. The first-order valence-corrected chi connectivity index (χ1v) is 9.45. The van der Waals surface area contributed by atoms with Crippen LogP contribution in [0.5, 0.6) is 0 Å². The number of nitrogens with one attached hydrogen (secondary N) is 1. The van der Waals surface area contributed by atoms with Crippen molar-refractivity contribution in [2.45, 2.75) is 43.8 Å². The number of aromatic amines is 1. The molecule has 1 aromatic heterocycles. The molecule has 23 heavy (non-hydrogen) atoms. The summed E-state index contributed by atoms with van der Waals surface area (Å²) in [6, 6.07) is 1.45. The summed E-state index contributed by atoms with van der Waals surface area (Å²) in [6.45, 7) is 5.97. The molecule has 0 bridgehead atoms. The molecule has 0 aromatic carbocycles. The molecule has 1 N–H and O–H groups in total. The lowest BCUT2D eigenvalue weighted by atomic mass is 10.2. The van der Waals surface area contributed by atoms with E-state index in [1.807, 2.05) is 13.8 Å². The van der Waals surface area contributed by atoms with E-state index in [2.05, 4.69) is 4.98 Å². The second-order valence-electron chi connectivity index (χ2n) is 6.33. The van der Waals surface area contributed by atoms with Gasteiger partial charge in [-0.25, -0.2) is 8.42 Å². The molecule has 2 fully saturated rings. The van der Waals surface area contributed by atoms with Gasteiger partial charge in [-0.15, -0.1) is 0 Å². The number of hydrogen-bond donors (Lipinski definition) is 1. The number of amides is 1. The summed E-state index contributed by atoms with van der Waals surface area (Å²) >= 11 is 0. The largest absolute Gasteiger partial charge is 0.372 e. The number of morpholine rings is 1. The van der Waals surface area contributed by atoms with E-state index in [1.54, 1.807) is 4.90 Å². The van der Waals surface area contributed by atoms with Crippen molar-refractivity contribution < 1.29 is 17.9 Å². The van der Waals surface area contributed by atoms with E-state index in [0.717, 1.165) is 12.8 Å². The first-order valence-electron chi connectivity index (χ1n) is 8.01. The number of nitrogens with zero attached hydrogens (tertiary/aromatic N) is 2. The molecule has 2 aliphatic heterocycles. The number of sulfonamides is 1. The van der Waals surface area contributed by atoms with Gasteiger partial charge in [0.05, 0.1) is 12.2 Å². The van der Waals surface area contributed by atoms with E-state index in [4.69, 9.17) is 4.74 Å². The molecule has 2 aliphatic rings. The first-order chi connectivity index (χ1) is 10.9. The van der Waals surface area contributed by atoms with E-state index in [0.29, 0.717) is 31.9 Å². The Morgan fingerprint density at radius 1 is 1.22 bits per heavy atom. The van der Waals surface area contributed by atoms with Crippen LogP contribution in [-0.2, 0) is 14.8 Å². The quantitative estimate of drug-likeness (QED) is 0.891. The Bertz CT molecular complexity index is 669. The Morgan fingerprint density at radius 3 is 2.43 bits per heavy atom. The fourth-order valence-corrected chi connectivity index (χ4v) is 4.75. The number of ether oxygens (including phenoxy) is 1. The molecule has 128 valence electrons. The summed E-state index contributed by atoms with van der Waals surface area (Å²) in [6.07, 6.45) is 3.14. The number of carbonyl (C=O) groups excluding carboxylic acids is 1. The van der Waals surface area contributed by atoms with Gasteiger partial charge >= 0.3 is 0 Å². The molecule has 3 rings (SSSR count). The second kappa shape index (κ2) is 6.26. The van der Waals surface area contributed by atoms with Gasteiger partial charge in [0.1, 0.15) is 10.6 Å². The summed E-state index contributed by atoms with van der Waals surface area (Å²) in [5.74, 6) is -0.185. The highest BCUT2D eigenvalue weighted by Crippen LogP contribution is 2.22. The van der Waals surface area contributed by atoms with Gasteiger partial charge in [-0.3, -0.25) is 4.79 Å². The Hall–Kier alpha value is -1.38. The maximum Gasteiger partial charge on any atom is 0.270 e. The highest BCUT2D eigenvalue weighted by atomic mass is 32.2. The van der Waals surface area contributed by atoms with Crippen LogP contribution >= 0.6 is 0 Å². The zero-order valence-electron chi connectivity index (χ0n) is 13.5. The van der Waals surface area contributed by atoms with Crippen LogP contribution in [0, 0.1) is 0 Å². The van der Waals surface area contributed by atoms with Gasteiger partial charge in [0.2, 0.25) is 10.0 Å². The van der Waals surface area contributed by atoms with E-state index in [-0.39, 0.29) is 23.0 Å². The van der Waals surface area contributed by atoms with Gasteiger partial charge in [-0.1, -0.05) is 0 Å². The molecule has 0 aliphatic carbocycles. The van der Waals surface area contributed by atoms with Gasteiger partial charge in [0.25, 0.3) is 5.91 Å². The lowest BCUT2D eigenvalue weighted by Gasteiger charge is -2.35. The zero-order valence-corrected chi connectivity index (χ0v) is 14.3. The van der Waals surface area contributed by atoms with Gasteiger partial charge in [-0.05, 0) is 32.8 Å².